The third kappa shape index (κ3) is 4.31. The largest absolute Gasteiger partial charge is 0.351 e. The summed E-state index contributed by atoms with van der Waals surface area (Å²) in [4.78, 5) is 22.3. The van der Waals surface area contributed by atoms with E-state index in [4.69, 9.17) is 0 Å². The summed E-state index contributed by atoms with van der Waals surface area (Å²) in [6.45, 7) is 6.29. The molecule has 0 saturated heterocycles. The second kappa shape index (κ2) is 6.14. The highest BCUT2D eigenvalue weighted by molar-refractivity contribution is 9.09. The van der Waals surface area contributed by atoms with Crippen molar-refractivity contribution in [2.45, 2.75) is 20.8 Å². The van der Waals surface area contributed by atoms with Crippen molar-refractivity contribution in [3.05, 3.63) is 39.4 Å². The molecule has 1 N–H and O–H groups in total. The lowest BCUT2D eigenvalue weighted by Gasteiger charge is -2.22. The number of nitrogens with zero attached hydrogens (tertiary/aromatic N) is 1. The summed E-state index contributed by atoms with van der Waals surface area (Å²) in [5, 5.41) is 14.3. The summed E-state index contributed by atoms with van der Waals surface area (Å²) in [5.74, 6) is -0.282. The first-order valence-corrected chi connectivity index (χ1v) is 6.98. The molecule has 0 aromatic heterocycles. The molecule has 104 valence electrons. The van der Waals surface area contributed by atoms with E-state index in [1.807, 2.05) is 13.8 Å². The van der Waals surface area contributed by atoms with Crippen LogP contribution in [0.2, 0.25) is 0 Å². The van der Waals surface area contributed by atoms with Gasteiger partial charge in [0.15, 0.2) is 0 Å². The van der Waals surface area contributed by atoms with Gasteiger partial charge in [0.25, 0.3) is 11.6 Å². The van der Waals surface area contributed by atoms with Crippen molar-refractivity contribution in [1.29, 1.82) is 0 Å². The molecule has 6 heteroatoms. The van der Waals surface area contributed by atoms with E-state index in [1.54, 1.807) is 13.0 Å². The molecule has 1 aromatic rings. The van der Waals surface area contributed by atoms with Gasteiger partial charge in [-0.05, 0) is 17.9 Å². The van der Waals surface area contributed by atoms with E-state index in [2.05, 4.69) is 21.2 Å². The molecule has 0 aliphatic heterocycles. The second-order valence-corrected chi connectivity index (χ2v) is 5.80. The minimum atomic E-state index is -0.501. The molecule has 19 heavy (non-hydrogen) atoms. The second-order valence-electron chi connectivity index (χ2n) is 5.24. The van der Waals surface area contributed by atoms with Gasteiger partial charge >= 0.3 is 0 Å². The molecule has 5 nitrogen and oxygen atoms in total. The zero-order valence-electron chi connectivity index (χ0n) is 11.2. The van der Waals surface area contributed by atoms with Crippen LogP contribution < -0.4 is 5.32 Å². The maximum Gasteiger partial charge on any atom is 0.270 e. The van der Waals surface area contributed by atoms with Crippen LogP contribution in [0.5, 0.6) is 0 Å². The van der Waals surface area contributed by atoms with Crippen molar-refractivity contribution >= 4 is 27.5 Å². The molecule has 0 spiro atoms. The molecule has 1 aromatic carbocycles. The van der Waals surface area contributed by atoms with Crippen LogP contribution >= 0.6 is 15.9 Å². The highest BCUT2D eigenvalue weighted by Crippen LogP contribution is 2.19. The molecule has 0 aliphatic carbocycles. The van der Waals surface area contributed by atoms with E-state index >= 15 is 0 Å². The minimum Gasteiger partial charge on any atom is -0.351 e. The lowest BCUT2D eigenvalue weighted by Crippen LogP contribution is -2.35. The number of rotatable bonds is 5. The van der Waals surface area contributed by atoms with Crippen LogP contribution in [-0.2, 0) is 0 Å². The number of hydrogen-bond acceptors (Lipinski definition) is 3. The van der Waals surface area contributed by atoms with Gasteiger partial charge in [-0.25, -0.2) is 0 Å². The van der Waals surface area contributed by atoms with Gasteiger partial charge in [0.05, 0.1) is 4.92 Å². The van der Waals surface area contributed by atoms with Crippen LogP contribution in [0.15, 0.2) is 18.2 Å². The number of nitro groups is 1. The Balaban J connectivity index is 2.88. The number of halogens is 1. The van der Waals surface area contributed by atoms with Gasteiger partial charge in [-0.2, -0.15) is 0 Å². The lowest BCUT2D eigenvalue weighted by atomic mass is 9.96. The Bertz CT molecular complexity index is 501. The summed E-state index contributed by atoms with van der Waals surface area (Å²) in [6.07, 6.45) is 0. The van der Waals surface area contributed by atoms with E-state index in [1.165, 1.54) is 12.1 Å². The minimum absolute atomic E-state index is 0.0652. The van der Waals surface area contributed by atoms with Crippen molar-refractivity contribution in [3.8, 4) is 0 Å². The van der Waals surface area contributed by atoms with Crippen molar-refractivity contribution in [2.24, 2.45) is 5.41 Å². The quantitative estimate of drug-likeness (QED) is 0.513. The number of hydrogen-bond donors (Lipinski definition) is 1. The molecular formula is C13H17BrN2O3. The number of carbonyl (C=O) groups is 1. The summed E-state index contributed by atoms with van der Waals surface area (Å²) in [6, 6.07) is 4.29. The number of non-ortho nitro benzene ring substituents is 1. The standard InChI is InChI=1S/C13H17BrN2O3/c1-9-4-5-10(16(18)19)6-11(9)12(17)15-8-13(2,3)7-14/h4-6H,7-8H2,1-3H3,(H,15,17). The normalized spacial score (nSPS) is 11.2. The van der Waals surface area contributed by atoms with E-state index < -0.39 is 4.92 Å². The predicted molar refractivity (Wildman–Crippen MR) is 77.7 cm³/mol. The fourth-order valence-electron chi connectivity index (χ4n) is 1.43. The van der Waals surface area contributed by atoms with Crippen LogP contribution in [0.1, 0.15) is 29.8 Å². The fraction of sp³-hybridized carbons (Fsp3) is 0.462. The number of amides is 1. The molecule has 0 bridgehead atoms. The average Bonchev–Trinajstić information content (AvgIpc) is 2.36. The SMILES string of the molecule is Cc1ccc([N+](=O)[O-])cc1C(=O)NCC(C)(C)CBr. The van der Waals surface area contributed by atoms with Crippen molar-refractivity contribution < 1.29 is 9.72 Å². The number of benzene rings is 1. The topological polar surface area (TPSA) is 72.2 Å². The number of alkyl halides is 1. The summed E-state index contributed by atoms with van der Waals surface area (Å²) in [7, 11) is 0. The maximum absolute atomic E-state index is 12.1. The third-order valence-electron chi connectivity index (χ3n) is 2.77. The summed E-state index contributed by atoms with van der Waals surface area (Å²) in [5.41, 5.74) is 0.930. The molecule has 0 heterocycles. The summed E-state index contributed by atoms with van der Waals surface area (Å²) >= 11 is 3.38. The number of aryl methyl sites for hydroxylation is 1. The first-order chi connectivity index (χ1) is 8.76. The molecule has 1 amide bonds. The van der Waals surface area contributed by atoms with Gasteiger partial charge in [-0.3, -0.25) is 14.9 Å². The molecule has 0 saturated carbocycles. The maximum atomic E-state index is 12.1. The van der Waals surface area contributed by atoms with Crippen LogP contribution in [-0.4, -0.2) is 22.7 Å². The average molecular weight is 329 g/mol. The molecule has 0 aliphatic rings. The fourth-order valence-corrected chi connectivity index (χ4v) is 1.63. The summed E-state index contributed by atoms with van der Waals surface area (Å²) < 4.78 is 0. The van der Waals surface area contributed by atoms with Crippen LogP contribution in [0.25, 0.3) is 0 Å². The highest BCUT2D eigenvalue weighted by atomic mass is 79.9. The third-order valence-corrected chi connectivity index (χ3v) is 4.28. The first-order valence-electron chi connectivity index (χ1n) is 5.86. The smallest absolute Gasteiger partial charge is 0.270 e. The van der Waals surface area contributed by atoms with Crippen LogP contribution in [0, 0.1) is 22.5 Å². The van der Waals surface area contributed by atoms with Gasteiger partial charge in [-0.1, -0.05) is 35.8 Å². The zero-order valence-corrected chi connectivity index (χ0v) is 12.8. The van der Waals surface area contributed by atoms with Gasteiger partial charge in [0, 0.05) is 29.6 Å². The predicted octanol–water partition coefficient (Wildman–Crippen LogP) is 3.05. The van der Waals surface area contributed by atoms with Gasteiger partial charge < -0.3 is 5.32 Å². The molecule has 1 rings (SSSR count). The first kappa shape index (κ1) is 15.6. The Labute approximate surface area is 120 Å². The Morgan fingerprint density at radius 3 is 2.63 bits per heavy atom. The molecular weight excluding hydrogens is 312 g/mol. The molecule has 0 atom stereocenters. The van der Waals surface area contributed by atoms with Crippen LogP contribution in [0.3, 0.4) is 0 Å². The number of nitro benzene ring substituents is 1. The van der Waals surface area contributed by atoms with Crippen molar-refractivity contribution in [2.75, 3.05) is 11.9 Å². The molecule has 0 unspecified atom stereocenters. The molecule has 0 fully saturated rings. The van der Waals surface area contributed by atoms with Crippen molar-refractivity contribution in [1.82, 2.24) is 5.32 Å². The van der Waals surface area contributed by atoms with Crippen molar-refractivity contribution in [3.63, 3.8) is 0 Å². The van der Waals surface area contributed by atoms with Gasteiger partial charge in [0.1, 0.15) is 0 Å². The zero-order chi connectivity index (χ0) is 14.6. The Kier molecular flexibility index (Phi) is 5.05. The van der Waals surface area contributed by atoms with Gasteiger partial charge in [0.2, 0.25) is 0 Å². The molecule has 0 radical (unpaired) electrons. The van der Waals surface area contributed by atoms with Crippen LogP contribution in [0.4, 0.5) is 5.69 Å². The van der Waals surface area contributed by atoms with E-state index in [0.717, 1.165) is 10.9 Å². The Hall–Kier alpha value is -1.43. The van der Waals surface area contributed by atoms with E-state index in [-0.39, 0.29) is 17.0 Å². The van der Waals surface area contributed by atoms with E-state index in [0.29, 0.717) is 12.1 Å². The number of carbonyl (C=O) groups excluding carboxylic acids is 1. The van der Waals surface area contributed by atoms with E-state index in [9.17, 15) is 14.9 Å². The Morgan fingerprint density at radius 1 is 1.47 bits per heavy atom. The number of nitrogens with one attached hydrogen (secondary N) is 1. The lowest BCUT2D eigenvalue weighted by molar-refractivity contribution is -0.384. The monoisotopic (exact) mass is 328 g/mol. The highest BCUT2D eigenvalue weighted by Gasteiger charge is 2.19. The van der Waals surface area contributed by atoms with Gasteiger partial charge in [-0.15, -0.1) is 0 Å². The Morgan fingerprint density at radius 2 is 2.11 bits per heavy atom.